The predicted octanol–water partition coefficient (Wildman–Crippen LogP) is 1.42. The predicted molar refractivity (Wildman–Crippen MR) is 80.8 cm³/mol. The third kappa shape index (κ3) is 3.55. The van der Waals surface area contributed by atoms with E-state index in [0.29, 0.717) is 24.0 Å². The van der Waals surface area contributed by atoms with Gasteiger partial charge in [-0.25, -0.2) is 15.8 Å². The molecular formula is C12H18N6OS. The SMILES string of the molecule is CC(C)(C)c1nc(NN)cc(NCc2csc(=O)[nH]2)n1. The van der Waals surface area contributed by atoms with E-state index < -0.39 is 0 Å². The molecule has 0 saturated heterocycles. The second kappa shape index (κ2) is 5.59. The number of nitrogen functional groups attached to an aromatic ring is 1. The van der Waals surface area contributed by atoms with E-state index in [1.54, 1.807) is 11.4 Å². The Morgan fingerprint density at radius 3 is 2.60 bits per heavy atom. The molecule has 5 N–H and O–H groups in total. The van der Waals surface area contributed by atoms with Gasteiger partial charge >= 0.3 is 4.87 Å². The molecule has 0 amide bonds. The summed E-state index contributed by atoms with van der Waals surface area (Å²) in [4.78, 5) is 22.5. The third-order valence-electron chi connectivity index (χ3n) is 2.58. The molecule has 0 bridgehead atoms. The number of nitrogens with two attached hydrogens (primary N) is 1. The second-order valence-electron chi connectivity index (χ2n) is 5.38. The Hall–Kier alpha value is -1.93. The van der Waals surface area contributed by atoms with Crippen LogP contribution in [0.15, 0.2) is 16.2 Å². The van der Waals surface area contributed by atoms with Crippen LogP contribution in [0.3, 0.4) is 0 Å². The van der Waals surface area contributed by atoms with Gasteiger partial charge in [-0.2, -0.15) is 0 Å². The van der Waals surface area contributed by atoms with Crippen molar-refractivity contribution in [2.45, 2.75) is 32.7 Å². The number of nitrogens with zero attached hydrogens (tertiary/aromatic N) is 2. The number of anilines is 2. The second-order valence-corrected chi connectivity index (χ2v) is 6.23. The molecule has 8 heteroatoms. The van der Waals surface area contributed by atoms with Crippen LogP contribution in [0, 0.1) is 0 Å². The van der Waals surface area contributed by atoms with Crippen LogP contribution in [0.4, 0.5) is 11.6 Å². The highest BCUT2D eigenvalue weighted by Gasteiger charge is 2.19. The smallest absolute Gasteiger partial charge is 0.304 e. The van der Waals surface area contributed by atoms with Gasteiger partial charge in [0.1, 0.15) is 17.5 Å². The van der Waals surface area contributed by atoms with E-state index in [-0.39, 0.29) is 10.3 Å². The van der Waals surface area contributed by atoms with Crippen molar-refractivity contribution >= 4 is 23.0 Å². The average Bonchev–Trinajstić information content (AvgIpc) is 2.81. The lowest BCUT2D eigenvalue weighted by molar-refractivity contribution is 0.546. The first-order valence-corrected chi connectivity index (χ1v) is 7.03. The molecule has 0 radical (unpaired) electrons. The number of nitrogens with one attached hydrogen (secondary N) is 3. The highest BCUT2D eigenvalue weighted by atomic mass is 32.1. The number of aromatic nitrogens is 3. The van der Waals surface area contributed by atoms with Crippen LogP contribution in [0.25, 0.3) is 0 Å². The van der Waals surface area contributed by atoms with E-state index in [4.69, 9.17) is 5.84 Å². The molecule has 0 aliphatic rings. The van der Waals surface area contributed by atoms with Crippen molar-refractivity contribution in [3.8, 4) is 0 Å². The number of H-pyrrole nitrogens is 1. The lowest BCUT2D eigenvalue weighted by atomic mass is 9.96. The van der Waals surface area contributed by atoms with E-state index in [2.05, 4.69) is 25.7 Å². The Morgan fingerprint density at radius 2 is 2.05 bits per heavy atom. The van der Waals surface area contributed by atoms with Gasteiger partial charge in [-0.05, 0) is 0 Å². The molecule has 0 aliphatic heterocycles. The van der Waals surface area contributed by atoms with Crippen LogP contribution >= 0.6 is 11.3 Å². The molecule has 0 saturated carbocycles. The van der Waals surface area contributed by atoms with E-state index in [1.165, 1.54) is 0 Å². The first kappa shape index (κ1) is 14.5. The Balaban J connectivity index is 2.20. The zero-order valence-corrected chi connectivity index (χ0v) is 12.5. The standard InChI is InChI=1S/C12H18N6OS/c1-12(2,3)10-16-8(4-9(17-10)18-13)14-5-7-6-20-11(19)15-7/h4,6H,5,13H2,1-3H3,(H,15,19)(H2,14,16,17,18). The van der Waals surface area contributed by atoms with Crippen LogP contribution in [0.1, 0.15) is 32.3 Å². The summed E-state index contributed by atoms with van der Waals surface area (Å²) < 4.78 is 0. The average molecular weight is 294 g/mol. The molecule has 0 unspecified atom stereocenters. The minimum atomic E-state index is -0.181. The molecular weight excluding hydrogens is 276 g/mol. The summed E-state index contributed by atoms with van der Waals surface area (Å²) in [5, 5.41) is 4.93. The maximum atomic E-state index is 11.1. The lowest BCUT2D eigenvalue weighted by Crippen LogP contribution is -2.20. The summed E-state index contributed by atoms with van der Waals surface area (Å²) in [6, 6.07) is 1.72. The Bertz CT molecular complexity index is 642. The van der Waals surface area contributed by atoms with Crippen molar-refractivity contribution < 1.29 is 0 Å². The molecule has 2 aromatic rings. The molecule has 2 rings (SSSR count). The quantitative estimate of drug-likeness (QED) is 0.501. The van der Waals surface area contributed by atoms with Gasteiger partial charge in [0.2, 0.25) is 0 Å². The fourth-order valence-electron chi connectivity index (χ4n) is 1.53. The largest absolute Gasteiger partial charge is 0.364 e. The Kier molecular flexibility index (Phi) is 4.05. The van der Waals surface area contributed by atoms with Gasteiger partial charge < -0.3 is 15.7 Å². The van der Waals surface area contributed by atoms with Gasteiger partial charge in [-0.3, -0.25) is 4.79 Å². The highest BCUT2D eigenvalue weighted by Crippen LogP contribution is 2.22. The minimum absolute atomic E-state index is 0.0656. The molecule has 0 fully saturated rings. The molecule has 0 atom stereocenters. The highest BCUT2D eigenvalue weighted by molar-refractivity contribution is 7.07. The fourth-order valence-corrected chi connectivity index (χ4v) is 2.12. The first-order chi connectivity index (χ1) is 9.38. The Morgan fingerprint density at radius 1 is 1.35 bits per heavy atom. The number of rotatable bonds is 4. The maximum Gasteiger partial charge on any atom is 0.304 e. The van der Waals surface area contributed by atoms with E-state index in [1.807, 2.05) is 20.8 Å². The zero-order chi connectivity index (χ0) is 14.8. The molecule has 2 heterocycles. The van der Waals surface area contributed by atoms with Gasteiger partial charge in [0.05, 0.1) is 6.54 Å². The number of hydrogen-bond acceptors (Lipinski definition) is 7. The summed E-state index contributed by atoms with van der Waals surface area (Å²) in [6.07, 6.45) is 0. The van der Waals surface area contributed by atoms with Gasteiger partial charge in [0.15, 0.2) is 0 Å². The number of hydrazine groups is 1. The van der Waals surface area contributed by atoms with Gasteiger partial charge in [-0.15, -0.1) is 0 Å². The first-order valence-electron chi connectivity index (χ1n) is 6.15. The normalized spacial score (nSPS) is 11.4. The summed E-state index contributed by atoms with van der Waals surface area (Å²) in [6.45, 7) is 6.58. The molecule has 0 spiro atoms. The van der Waals surface area contributed by atoms with Crippen LogP contribution in [0.2, 0.25) is 0 Å². The molecule has 20 heavy (non-hydrogen) atoms. The Labute approximate surface area is 120 Å². The molecule has 7 nitrogen and oxygen atoms in total. The summed E-state index contributed by atoms with van der Waals surface area (Å²) in [5.74, 6) is 7.32. The maximum absolute atomic E-state index is 11.1. The third-order valence-corrected chi connectivity index (χ3v) is 3.29. The van der Waals surface area contributed by atoms with E-state index >= 15 is 0 Å². The summed E-state index contributed by atoms with van der Waals surface area (Å²) in [7, 11) is 0. The van der Waals surface area contributed by atoms with Crippen molar-refractivity contribution in [2.24, 2.45) is 5.84 Å². The minimum Gasteiger partial charge on any atom is -0.364 e. The lowest BCUT2D eigenvalue weighted by Gasteiger charge is -2.18. The zero-order valence-electron chi connectivity index (χ0n) is 11.7. The number of hydrogen-bond donors (Lipinski definition) is 4. The number of aromatic amines is 1. The monoisotopic (exact) mass is 294 g/mol. The van der Waals surface area contributed by atoms with E-state index in [0.717, 1.165) is 17.0 Å². The van der Waals surface area contributed by atoms with Crippen LogP contribution in [-0.4, -0.2) is 15.0 Å². The van der Waals surface area contributed by atoms with Crippen LogP contribution in [0.5, 0.6) is 0 Å². The molecule has 2 aromatic heterocycles. The van der Waals surface area contributed by atoms with Crippen molar-refractivity contribution in [1.29, 1.82) is 0 Å². The number of thiazole rings is 1. The van der Waals surface area contributed by atoms with Crippen LogP contribution < -0.4 is 21.5 Å². The fraction of sp³-hybridized carbons (Fsp3) is 0.417. The van der Waals surface area contributed by atoms with Gasteiger partial charge in [0.25, 0.3) is 0 Å². The summed E-state index contributed by atoms with van der Waals surface area (Å²) in [5.41, 5.74) is 3.17. The van der Waals surface area contributed by atoms with E-state index in [9.17, 15) is 4.79 Å². The van der Waals surface area contributed by atoms with Crippen molar-refractivity contribution in [2.75, 3.05) is 10.7 Å². The van der Waals surface area contributed by atoms with Crippen LogP contribution in [-0.2, 0) is 12.0 Å². The van der Waals surface area contributed by atoms with Crippen molar-refractivity contribution in [3.63, 3.8) is 0 Å². The molecule has 108 valence electrons. The van der Waals surface area contributed by atoms with Gasteiger partial charge in [-0.1, -0.05) is 32.1 Å². The summed E-state index contributed by atoms with van der Waals surface area (Å²) >= 11 is 1.14. The van der Waals surface area contributed by atoms with Crippen molar-refractivity contribution in [1.82, 2.24) is 15.0 Å². The topological polar surface area (TPSA) is 109 Å². The molecule has 0 aliphatic carbocycles. The molecule has 0 aromatic carbocycles. The van der Waals surface area contributed by atoms with Crippen molar-refractivity contribution in [3.05, 3.63) is 32.6 Å². The van der Waals surface area contributed by atoms with Gasteiger partial charge in [0, 0.05) is 22.6 Å².